The molecule has 0 aliphatic heterocycles. The standard InChI is InChI=1S/C20H28N4O2S/c1-14(15-9-10-15)21-18(25)13-27-20-22-17-8-5-4-7-16(17)19(26)24(20)12-6-11-23(2)3/h4-5,7-8,14-15H,6,9-13H2,1-3H3,(H,21,25)/p+1/t14-/m0/s1. The van der Waals surface area contributed by atoms with Crippen LogP contribution in [0.3, 0.4) is 0 Å². The Morgan fingerprint density at radius 3 is 2.81 bits per heavy atom. The third-order valence-corrected chi connectivity index (χ3v) is 5.91. The minimum Gasteiger partial charge on any atom is -0.353 e. The predicted octanol–water partition coefficient (Wildman–Crippen LogP) is 0.938. The maximum absolute atomic E-state index is 12.9. The molecular weight excluding hydrogens is 360 g/mol. The van der Waals surface area contributed by atoms with E-state index < -0.39 is 0 Å². The first-order valence-electron chi connectivity index (χ1n) is 9.66. The molecule has 1 heterocycles. The number of carbonyl (C=O) groups excluding carboxylic acids is 1. The Morgan fingerprint density at radius 2 is 2.11 bits per heavy atom. The average molecular weight is 390 g/mol. The van der Waals surface area contributed by atoms with Crippen molar-refractivity contribution in [1.29, 1.82) is 0 Å². The maximum atomic E-state index is 12.9. The highest BCUT2D eigenvalue weighted by atomic mass is 32.2. The summed E-state index contributed by atoms with van der Waals surface area (Å²) in [6.45, 7) is 3.65. The van der Waals surface area contributed by atoms with E-state index in [1.165, 1.54) is 29.5 Å². The second-order valence-electron chi connectivity index (χ2n) is 7.66. The molecule has 27 heavy (non-hydrogen) atoms. The zero-order valence-corrected chi connectivity index (χ0v) is 17.1. The number of hydrogen-bond acceptors (Lipinski definition) is 4. The van der Waals surface area contributed by atoms with Crippen molar-refractivity contribution in [3.8, 4) is 0 Å². The van der Waals surface area contributed by atoms with E-state index in [4.69, 9.17) is 0 Å². The van der Waals surface area contributed by atoms with Crippen LogP contribution in [0.15, 0.2) is 34.2 Å². The number of rotatable bonds is 9. The summed E-state index contributed by atoms with van der Waals surface area (Å²) in [6.07, 6.45) is 3.29. The number of amides is 1. The van der Waals surface area contributed by atoms with Crippen molar-refractivity contribution in [2.45, 2.75) is 43.9 Å². The van der Waals surface area contributed by atoms with Gasteiger partial charge in [-0.3, -0.25) is 14.2 Å². The van der Waals surface area contributed by atoms with E-state index in [0.29, 0.717) is 28.5 Å². The second-order valence-corrected chi connectivity index (χ2v) is 8.60. The number of nitrogens with zero attached hydrogens (tertiary/aromatic N) is 2. The molecule has 6 nitrogen and oxygen atoms in total. The molecule has 0 unspecified atom stereocenters. The van der Waals surface area contributed by atoms with Gasteiger partial charge in [-0.05, 0) is 37.8 Å². The average Bonchev–Trinajstić information content (AvgIpc) is 3.47. The zero-order chi connectivity index (χ0) is 19.4. The van der Waals surface area contributed by atoms with Crippen LogP contribution >= 0.6 is 11.8 Å². The molecule has 1 aromatic carbocycles. The van der Waals surface area contributed by atoms with E-state index >= 15 is 0 Å². The molecule has 1 aliphatic rings. The number of thioether (sulfide) groups is 1. The Kier molecular flexibility index (Phi) is 6.55. The molecule has 0 spiro atoms. The summed E-state index contributed by atoms with van der Waals surface area (Å²) in [4.78, 5) is 31.2. The number of carbonyl (C=O) groups is 1. The van der Waals surface area contributed by atoms with Gasteiger partial charge in [0.15, 0.2) is 5.16 Å². The van der Waals surface area contributed by atoms with Gasteiger partial charge in [0.25, 0.3) is 5.56 Å². The summed E-state index contributed by atoms with van der Waals surface area (Å²) in [5.41, 5.74) is 0.662. The van der Waals surface area contributed by atoms with Crippen molar-refractivity contribution in [3.05, 3.63) is 34.6 Å². The minimum atomic E-state index is -0.0244. The highest BCUT2D eigenvalue weighted by Gasteiger charge is 2.28. The summed E-state index contributed by atoms with van der Waals surface area (Å²) >= 11 is 1.35. The summed E-state index contributed by atoms with van der Waals surface area (Å²) in [5, 5.41) is 4.32. The second kappa shape index (κ2) is 8.89. The van der Waals surface area contributed by atoms with Crippen molar-refractivity contribution < 1.29 is 9.69 Å². The molecule has 1 atom stereocenters. The lowest BCUT2D eigenvalue weighted by Crippen LogP contribution is -3.05. The minimum absolute atomic E-state index is 0.00564. The fourth-order valence-electron chi connectivity index (χ4n) is 3.19. The zero-order valence-electron chi connectivity index (χ0n) is 16.3. The quantitative estimate of drug-likeness (QED) is 0.495. The van der Waals surface area contributed by atoms with Crippen LogP contribution in [-0.2, 0) is 11.3 Å². The van der Waals surface area contributed by atoms with Crippen LogP contribution in [0.1, 0.15) is 26.2 Å². The lowest BCUT2D eigenvalue weighted by atomic mass is 10.2. The lowest BCUT2D eigenvalue weighted by molar-refractivity contribution is -0.858. The topological polar surface area (TPSA) is 68.4 Å². The number of aromatic nitrogens is 2. The maximum Gasteiger partial charge on any atom is 0.262 e. The number of nitrogens with one attached hydrogen (secondary N) is 2. The first-order valence-corrected chi connectivity index (χ1v) is 10.6. The molecule has 1 saturated carbocycles. The van der Waals surface area contributed by atoms with E-state index in [9.17, 15) is 9.59 Å². The van der Waals surface area contributed by atoms with E-state index in [1.807, 2.05) is 24.3 Å². The normalized spacial score (nSPS) is 15.3. The van der Waals surface area contributed by atoms with Gasteiger partial charge in [-0.15, -0.1) is 0 Å². The summed E-state index contributed by atoms with van der Waals surface area (Å²) < 4.78 is 1.73. The number of fused-ring (bicyclic) bond motifs is 1. The molecule has 1 fully saturated rings. The molecule has 1 amide bonds. The van der Waals surface area contributed by atoms with Gasteiger partial charge in [0.1, 0.15) is 0 Å². The summed E-state index contributed by atoms with van der Waals surface area (Å²) in [5.74, 6) is 0.913. The van der Waals surface area contributed by atoms with Crippen LogP contribution in [0.2, 0.25) is 0 Å². The van der Waals surface area contributed by atoms with Crippen molar-refractivity contribution >= 4 is 28.6 Å². The molecule has 146 valence electrons. The highest BCUT2D eigenvalue weighted by molar-refractivity contribution is 7.99. The molecule has 2 N–H and O–H groups in total. The molecule has 7 heteroatoms. The largest absolute Gasteiger partial charge is 0.353 e. The first-order chi connectivity index (χ1) is 13.0. The molecule has 1 aliphatic carbocycles. The summed E-state index contributed by atoms with van der Waals surface area (Å²) in [6, 6.07) is 7.64. The Balaban J connectivity index is 1.76. The van der Waals surface area contributed by atoms with Crippen LogP contribution in [0, 0.1) is 5.92 Å². The van der Waals surface area contributed by atoms with Gasteiger partial charge in [-0.25, -0.2) is 4.98 Å². The predicted molar refractivity (Wildman–Crippen MR) is 109 cm³/mol. The van der Waals surface area contributed by atoms with Crippen LogP contribution in [0.4, 0.5) is 0 Å². The van der Waals surface area contributed by atoms with Gasteiger partial charge >= 0.3 is 0 Å². The lowest BCUT2D eigenvalue weighted by Gasteiger charge is -2.15. The molecule has 0 radical (unpaired) electrons. The van der Waals surface area contributed by atoms with Crippen molar-refractivity contribution in [3.63, 3.8) is 0 Å². The number of hydrogen-bond donors (Lipinski definition) is 2. The number of para-hydroxylation sites is 1. The third-order valence-electron chi connectivity index (χ3n) is 4.94. The molecule has 0 saturated heterocycles. The van der Waals surface area contributed by atoms with E-state index in [-0.39, 0.29) is 23.3 Å². The van der Waals surface area contributed by atoms with Crippen LogP contribution in [0.5, 0.6) is 0 Å². The molecule has 3 rings (SSSR count). The van der Waals surface area contributed by atoms with Gasteiger partial charge in [-0.1, -0.05) is 23.9 Å². The summed E-state index contributed by atoms with van der Waals surface area (Å²) in [7, 11) is 4.20. The Labute approximate surface area is 164 Å². The van der Waals surface area contributed by atoms with Gasteiger partial charge in [0, 0.05) is 19.0 Å². The molecular formula is C20H29N4O2S+. The molecule has 0 bridgehead atoms. The van der Waals surface area contributed by atoms with E-state index in [1.54, 1.807) is 4.57 Å². The SMILES string of the molecule is C[C@H](NC(=O)CSc1nc2ccccc2c(=O)n1CCC[NH+](C)C)C1CC1. The van der Waals surface area contributed by atoms with Crippen LogP contribution in [-0.4, -0.2) is 47.9 Å². The van der Waals surface area contributed by atoms with Crippen molar-refractivity contribution in [1.82, 2.24) is 14.9 Å². The Hall–Kier alpha value is -1.86. The monoisotopic (exact) mass is 389 g/mol. The fraction of sp³-hybridized carbons (Fsp3) is 0.550. The van der Waals surface area contributed by atoms with Gasteiger partial charge < -0.3 is 10.2 Å². The Bertz CT molecular complexity index is 861. The smallest absolute Gasteiger partial charge is 0.262 e. The van der Waals surface area contributed by atoms with Crippen LogP contribution in [0.25, 0.3) is 10.9 Å². The van der Waals surface area contributed by atoms with E-state index in [2.05, 4.69) is 31.3 Å². The van der Waals surface area contributed by atoms with Crippen LogP contribution < -0.4 is 15.8 Å². The fourth-order valence-corrected chi connectivity index (χ4v) is 4.02. The molecule has 2 aromatic rings. The van der Waals surface area contributed by atoms with Gasteiger partial charge in [0.05, 0.1) is 37.3 Å². The van der Waals surface area contributed by atoms with Crippen molar-refractivity contribution in [2.24, 2.45) is 5.92 Å². The highest BCUT2D eigenvalue weighted by Crippen LogP contribution is 2.32. The first kappa shape index (κ1) is 19.9. The van der Waals surface area contributed by atoms with Gasteiger partial charge in [-0.2, -0.15) is 0 Å². The molecule has 1 aromatic heterocycles. The number of quaternary nitrogens is 1. The van der Waals surface area contributed by atoms with Gasteiger partial charge in [0.2, 0.25) is 5.91 Å². The van der Waals surface area contributed by atoms with Crippen molar-refractivity contribution in [2.75, 3.05) is 26.4 Å². The third kappa shape index (κ3) is 5.32. The number of benzene rings is 1. The van der Waals surface area contributed by atoms with E-state index in [0.717, 1.165) is 13.0 Å². The Morgan fingerprint density at radius 1 is 1.37 bits per heavy atom.